The van der Waals surface area contributed by atoms with Gasteiger partial charge in [-0.05, 0) is 44.3 Å². The monoisotopic (exact) mass is 521 g/mol. The average molecular weight is 522 g/mol. The molecular weight excluding hydrogens is 478 g/mol. The zero-order valence-corrected chi connectivity index (χ0v) is 23.2. The molecule has 4 unspecified atom stereocenters. The van der Waals surface area contributed by atoms with E-state index in [2.05, 4.69) is 17.2 Å². The van der Waals surface area contributed by atoms with Crippen LogP contribution in [0.3, 0.4) is 0 Å². The van der Waals surface area contributed by atoms with Crippen molar-refractivity contribution in [3.63, 3.8) is 0 Å². The number of hydrogen-bond acceptors (Lipinski definition) is 8. The van der Waals surface area contributed by atoms with Crippen LogP contribution < -0.4 is 11.1 Å². The van der Waals surface area contributed by atoms with Gasteiger partial charge in [-0.15, -0.1) is 11.3 Å². The quantitative estimate of drug-likeness (QED) is 0.448. The summed E-state index contributed by atoms with van der Waals surface area (Å²) in [6, 6.07) is -0.300. The standard InChI is InChI=1S/C27H43N3O5S/c1-15-8-7-9-27(6)21(35-27)11-19(16(2)10-18-14-36-23(13-28)29-18)30-22(32)12-20(31)26(4,5)25(34)17(3)24(15)33/h10,14-15,17,19-21,24,31,33H,7-9,11-13,28H2,1-6H3,(H,30,32)/t15?,17?,19-,20?,21?,24-,27+/m0/s1. The molecule has 0 saturated carbocycles. The molecule has 2 aliphatic rings. The molecule has 1 aromatic rings. The maximum absolute atomic E-state index is 13.2. The second-order valence-corrected chi connectivity index (χ2v) is 12.4. The highest BCUT2D eigenvalue weighted by Crippen LogP contribution is 2.44. The Morgan fingerprint density at radius 3 is 2.64 bits per heavy atom. The topological polar surface area (TPSA) is 138 Å². The predicted molar refractivity (Wildman–Crippen MR) is 141 cm³/mol. The number of rotatable bonds is 3. The molecular formula is C27H43N3O5S. The zero-order chi connectivity index (χ0) is 26.8. The van der Waals surface area contributed by atoms with E-state index in [1.54, 1.807) is 20.8 Å². The molecule has 0 spiro atoms. The van der Waals surface area contributed by atoms with Gasteiger partial charge in [-0.2, -0.15) is 0 Å². The Morgan fingerprint density at radius 2 is 2.00 bits per heavy atom. The first-order valence-electron chi connectivity index (χ1n) is 13.0. The van der Waals surface area contributed by atoms with Crippen LogP contribution >= 0.6 is 11.3 Å². The lowest BCUT2D eigenvalue weighted by molar-refractivity contribution is -0.143. The zero-order valence-electron chi connectivity index (χ0n) is 22.4. The van der Waals surface area contributed by atoms with Crippen molar-refractivity contribution in [2.75, 3.05) is 0 Å². The van der Waals surface area contributed by atoms with Crippen molar-refractivity contribution in [2.45, 2.75) is 110 Å². The lowest BCUT2D eigenvalue weighted by Crippen LogP contribution is -2.47. The lowest BCUT2D eigenvalue weighted by atomic mass is 9.72. The molecule has 7 atom stereocenters. The van der Waals surface area contributed by atoms with Gasteiger partial charge in [-0.1, -0.05) is 34.1 Å². The van der Waals surface area contributed by atoms with Crippen LogP contribution in [-0.4, -0.2) is 56.8 Å². The number of aliphatic hydroxyl groups is 2. The molecule has 0 radical (unpaired) electrons. The Morgan fingerprint density at radius 1 is 1.31 bits per heavy atom. The average Bonchev–Trinajstić information content (AvgIpc) is 3.23. The van der Waals surface area contributed by atoms with E-state index < -0.39 is 23.5 Å². The fourth-order valence-corrected chi connectivity index (χ4v) is 5.86. The number of Topliss-reactive ketones (excluding diaryl/α,β-unsaturated/α-hetero) is 1. The number of hydrogen-bond donors (Lipinski definition) is 4. The third kappa shape index (κ3) is 6.61. The number of fused-ring (bicyclic) bond motifs is 1. The first-order chi connectivity index (χ1) is 16.8. The van der Waals surface area contributed by atoms with Crippen molar-refractivity contribution in [3.05, 3.63) is 21.7 Å². The van der Waals surface area contributed by atoms with Gasteiger partial charge in [-0.25, -0.2) is 4.98 Å². The van der Waals surface area contributed by atoms with Gasteiger partial charge in [0.05, 0.1) is 47.5 Å². The first kappa shape index (κ1) is 28.9. The van der Waals surface area contributed by atoms with E-state index in [0.29, 0.717) is 13.0 Å². The summed E-state index contributed by atoms with van der Waals surface area (Å²) < 4.78 is 6.10. The van der Waals surface area contributed by atoms with E-state index in [4.69, 9.17) is 10.5 Å². The summed E-state index contributed by atoms with van der Waals surface area (Å²) in [7, 11) is 0. The number of ketones is 1. The Kier molecular flexibility index (Phi) is 9.15. The van der Waals surface area contributed by atoms with E-state index in [0.717, 1.165) is 35.5 Å². The summed E-state index contributed by atoms with van der Waals surface area (Å²) in [5.41, 5.74) is 5.98. The van der Waals surface area contributed by atoms with Gasteiger partial charge in [0.1, 0.15) is 10.8 Å². The van der Waals surface area contributed by atoms with Crippen molar-refractivity contribution < 1.29 is 24.5 Å². The highest BCUT2D eigenvalue weighted by atomic mass is 32.1. The Labute approximate surface area is 218 Å². The third-order valence-electron chi connectivity index (χ3n) is 8.18. The van der Waals surface area contributed by atoms with Crippen LogP contribution in [0.15, 0.2) is 11.0 Å². The van der Waals surface area contributed by atoms with Crippen LogP contribution in [0.2, 0.25) is 0 Å². The van der Waals surface area contributed by atoms with Gasteiger partial charge in [0.2, 0.25) is 5.91 Å². The number of aromatic nitrogens is 1. The minimum atomic E-state index is -1.18. The second-order valence-electron chi connectivity index (χ2n) is 11.5. The summed E-state index contributed by atoms with van der Waals surface area (Å²) >= 11 is 1.50. The van der Waals surface area contributed by atoms with Crippen LogP contribution in [-0.2, 0) is 20.9 Å². The molecule has 9 heteroatoms. The van der Waals surface area contributed by atoms with Crippen LogP contribution in [0, 0.1) is 17.3 Å². The number of amides is 1. The van der Waals surface area contributed by atoms with Gasteiger partial charge in [0.15, 0.2) is 0 Å². The molecule has 0 bridgehead atoms. The van der Waals surface area contributed by atoms with Crippen molar-refractivity contribution in [1.82, 2.24) is 10.3 Å². The molecule has 3 heterocycles. The van der Waals surface area contributed by atoms with Crippen molar-refractivity contribution >= 4 is 29.1 Å². The fourth-order valence-electron chi connectivity index (χ4n) is 5.23. The third-order valence-corrected chi connectivity index (χ3v) is 9.07. The van der Waals surface area contributed by atoms with Crippen molar-refractivity contribution in [2.24, 2.45) is 23.0 Å². The molecule has 36 heavy (non-hydrogen) atoms. The van der Waals surface area contributed by atoms with E-state index in [-0.39, 0.29) is 41.8 Å². The maximum atomic E-state index is 13.2. The lowest BCUT2D eigenvalue weighted by Gasteiger charge is -2.34. The van der Waals surface area contributed by atoms with Crippen molar-refractivity contribution in [3.8, 4) is 0 Å². The number of aliphatic hydroxyl groups excluding tert-OH is 2. The largest absolute Gasteiger partial charge is 0.392 e. The molecule has 0 aliphatic carbocycles. The molecule has 2 aliphatic heterocycles. The molecule has 3 rings (SSSR count). The summed E-state index contributed by atoms with van der Waals surface area (Å²) in [5.74, 6) is -1.28. The minimum Gasteiger partial charge on any atom is -0.392 e. The number of carbonyl (C=O) groups excluding carboxylic acids is 2. The minimum absolute atomic E-state index is 0.00353. The molecule has 2 saturated heterocycles. The SMILES string of the molecule is CC(=Cc1csc(CN)n1)[C@@H]1CC2O[C@]2(C)CCCC(C)[C@H](O)C(C)C(=O)C(C)(C)C(O)CC(=O)N1. The van der Waals surface area contributed by atoms with E-state index >= 15 is 0 Å². The number of carbonyl (C=O) groups is 2. The number of nitrogens with zero attached hydrogens (tertiary/aromatic N) is 1. The summed E-state index contributed by atoms with van der Waals surface area (Å²) in [6.45, 7) is 11.4. The fraction of sp³-hybridized carbons (Fsp3) is 0.741. The number of ether oxygens (including phenoxy) is 1. The number of nitrogens with two attached hydrogens (primary N) is 1. The van der Waals surface area contributed by atoms with Crippen LogP contribution in [0.4, 0.5) is 0 Å². The van der Waals surface area contributed by atoms with Crippen molar-refractivity contribution in [1.29, 1.82) is 0 Å². The van der Waals surface area contributed by atoms with Gasteiger partial charge >= 0.3 is 0 Å². The van der Waals surface area contributed by atoms with Gasteiger partial charge in [0.25, 0.3) is 0 Å². The molecule has 0 aromatic carbocycles. The van der Waals surface area contributed by atoms with Gasteiger partial charge in [0, 0.05) is 24.3 Å². The van der Waals surface area contributed by atoms with Gasteiger partial charge in [-0.3, -0.25) is 9.59 Å². The molecule has 202 valence electrons. The summed E-state index contributed by atoms with van der Waals surface area (Å²) in [6.07, 6.45) is 2.84. The Balaban J connectivity index is 1.85. The van der Waals surface area contributed by atoms with E-state index in [1.165, 1.54) is 11.3 Å². The Bertz CT molecular complexity index is 976. The first-order valence-corrected chi connectivity index (χ1v) is 13.9. The highest BCUT2D eigenvalue weighted by Gasteiger charge is 2.52. The Hall–Kier alpha value is -1.65. The van der Waals surface area contributed by atoms with Crippen LogP contribution in [0.1, 0.15) is 84.3 Å². The number of nitrogens with one attached hydrogen (secondary N) is 1. The summed E-state index contributed by atoms with van der Waals surface area (Å²) in [4.78, 5) is 30.8. The maximum Gasteiger partial charge on any atom is 0.223 e. The van der Waals surface area contributed by atoms with Crippen LogP contribution in [0.5, 0.6) is 0 Å². The van der Waals surface area contributed by atoms with E-state index in [9.17, 15) is 19.8 Å². The summed E-state index contributed by atoms with van der Waals surface area (Å²) in [5, 5.41) is 27.6. The second kappa shape index (κ2) is 11.4. The number of thiazole rings is 1. The molecule has 1 aromatic heterocycles. The van der Waals surface area contributed by atoms with E-state index in [1.807, 2.05) is 25.3 Å². The number of epoxide rings is 1. The smallest absolute Gasteiger partial charge is 0.223 e. The normalized spacial score (nSPS) is 36.8. The predicted octanol–water partition coefficient (Wildman–Crippen LogP) is 3.20. The van der Waals surface area contributed by atoms with Crippen LogP contribution in [0.25, 0.3) is 6.08 Å². The molecule has 1 amide bonds. The highest BCUT2D eigenvalue weighted by molar-refractivity contribution is 7.09. The molecule has 8 nitrogen and oxygen atoms in total. The molecule has 5 N–H and O–H groups in total. The van der Waals surface area contributed by atoms with Gasteiger partial charge < -0.3 is 26.0 Å². The molecule has 2 fully saturated rings.